The summed E-state index contributed by atoms with van der Waals surface area (Å²) in [5.74, 6) is -2.87. The van der Waals surface area contributed by atoms with Gasteiger partial charge in [0.05, 0.1) is 28.8 Å². The summed E-state index contributed by atoms with van der Waals surface area (Å²) in [7, 11) is 0. The first kappa shape index (κ1) is 27.7. The zero-order chi connectivity index (χ0) is 26.9. The van der Waals surface area contributed by atoms with Crippen molar-refractivity contribution in [3.63, 3.8) is 0 Å². The number of carbonyl (C=O) groups is 3. The Balaban J connectivity index is 2.27. The Labute approximate surface area is 203 Å². The molecule has 0 aliphatic carbocycles. The number of benzene rings is 2. The molecule has 0 bridgehead atoms. The van der Waals surface area contributed by atoms with Crippen LogP contribution in [0.2, 0.25) is 0 Å². The summed E-state index contributed by atoms with van der Waals surface area (Å²) < 4.78 is 50.6. The lowest BCUT2D eigenvalue weighted by Crippen LogP contribution is -2.49. The third kappa shape index (κ3) is 7.74. The van der Waals surface area contributed by atoms with Crippen LogP contribution >= 0.6 is 0 Å². The van der Waals surface area contributed by atoms with Crippen LogP contribution in [-0.4, -0.2) is 35.2 Å². The molecule has 0 saturated heterocycles. The first-order valence-corrected chi connectivity index (χ1v) is 10.4. The van der Waals surface area contributed by atoms with E-state index in [1.54, 1.807) is 0 Å². The molecule has 12 heteroatoms. The number of carboxylic acid groups (broad SMARTS) is 1. The minimum absolute atomic E-state index is 0.0626. The van der Waals surface area contributed by atoms with Crippen molar-refractivity contribution >= 4 is 23.5 Å². The predicted octanol–water partition coefficient (Wildman–Crippen LogP) is 4.02. The van der Waals surface area contributed by atoms with Crippen molar-refractivity contribution in [3.8, 4) is 17.9 Å². The van der Waals surface area contributed by atoms with E-state index in [4.69, 9.17) is 25.1 Å². The summed E-state index contributed by atoms with van der Waals surface area (Å²) in [6, 6.07) is 11.7. The third-order valence-electron chi connectivity index (χ3n) is 4.79. The molecule has 2 aromatic rings. The molecule has 9 nitrogen and oxygen atoms in total. The predicted molar refractivity (Wildman–Crippen MR) is 117 cm³/mol. The molecule has 0 fully saturated rings. The van der Waals surface area contributed by atoms with Gasteiger partial charge in [0, 0.05) is 18.5 Å². The van der Waals surface area contributed by atoms with Crippen molar-refractivity contribution in [3.05, 3.63) is 59.2 Å². The van der Waals surface area contributed by atoms with E-state index in [1.165, 1.54) is 37.3 Å². The highest BCUT2D eigenvalue weighted by Gasteiger charge is 2.40. The first-order valence-electron chi connectivity index (χ1n) is 10.4. The van der Waals surface area contributed by atoms with E-state index in [2.05, 4.69) is 5.32 Å². The average molecular weight is 503 g/mol. The van der Waals surface area contributed by atoms with Crippen molar-refractivity contribution in [1.82, 2.24) is 0 Å². The van der Waals surface area contributed by atoms with E-state index in [0.29, 0.717) is 11.6 Å². The number of amides is 1. The number of aliphatic carboxylic acids is 1. The summed E-state index contributed by atoms with van der Waals surface area (Å²) in [6.45, 7) is 0.618. The summed E-state index contributed by atoms with van der Waals surface area (Å²) >= 11 is 0. The molecule has 0 aliphatic rings. The van der Waals surface area contributed by atoms with Crippen LogP contribution in [0.1, 0.15) is 42.9 Å². The van der Waals surface area contributed by atoms with Gasteiger partial charge in [-0.25, -0.2) is 0 Å². The number of rotatable bonds is 10. The Bertz CT molecular complexity index is 1220. The lowest BCUT2D eigenvalue weighted by molar-refractivity contribution is -0.167. The van der Waals surface area contributed by atoms with Crippen LogP contribution < -0.4 is 10.1 Å². The molecule has 1 amide bonds. The number of carboxylic acids is 1. The number of esters is 1. The van der Waals surface area contributed by atoms with Gasteiger partial charge in [0.15, 0.2) is 0 Å². The SMILES string of the molecule is CC(COc1ccc(C#N)cc1)(OC(=O)CCCC(=O)O)C(=O)Nc1ccc(C#N)c(C(F)(F)F)c1. The second-order valence-electron chi connectivity index (χ2n) is 7.70. The Kier molecular flexibility index (Phi) is 9.00. The molecular weight excluding hydrogens is 483 g/mol. The van der Waals surface area contributed by atoms with Crippen molar-refractivity contribution < 1.29 is 42.1 Å². The molecule has 0 spiro atoms. The molecule has 0 heterocycles. The van der Waals surface area contributed by atoms with Gasteiger partial charge in [-0.05, 0) is 55.8 Å². The van der Waals surface area contributed by atoms with Crippen LogP contribution in [0.15, 0.2) is 42.5 Å². The number of halogens is 3. The summed E-state index contributed by atoms with van der Waals surface area (Å²) in [4.78, 5) is 36.0. The molecule has 0 radical (unpaired) electrons. The van der Waals surface area contributed by atoms with Crippen molar-refractivity contribution in [2.24, 2.45) is 0 Å². The zero-order valence-electron chi connectivity index (χ0n) is 18.9. The Morgan fingerprint density at radius 2 is 1.69 bits per heavy atom. The fourth-order valence-electron chi connectivity index (χ4n) is 2.89. The van der Waals surface area contributed by atoms with Crippen LogP contribution in [0, 0.1) is 22.7 Å². The fourth-order valence-corrected chi connectivity index (χ4v) is 2.89. The van der Waals surface area contributed by atoms with Crippen molar-refractivity contribution in [2.75, 3.05) is 11.9 Å². The molecule has 1 atom stereocenters. The number of nitrogens with zero attached hydrogens (tertiary/aromatic N) is 2. The van der Waals surface area contributed by atoms with E-state index in [0.717, 1.165) is 12.1 Å². The van der Waals surface area contributed by atoms with Crippen LogP contribution in [0.4, 0.5) is 18.9 Å². The largest absolute Gasteiger partial charge is 0.489 e. The van der Waals surface area contributed by atoms with E-state index in [1.807, 2.05) is 6.07 Å². The van der Waals surface area contributed by atoms with Gasteiger partial charge in [0.25, 0.3) is 5.91 Å². The summed E-state index contributed by atoms with van der Waals surface area (Å²) in [6.07, 6.45) is -5.57. The Morgan fingerprint density at radius 1 is 1.03 bits per heavy atom. The van der Waals surface area contributed by atoms with Crippen LogP contribution in [-0.2, 0) is 25.3 Å². The minimum Gasteiger partial charge on any atom is -0.489 e. The number of carbonyl (C=O) groups excluding carboxylic acids is 2. The highest BCUT2D eigenvalue weighted by Crippen LogP contribution is 2.34. The number of nitriles is 2. The molecule has 2 rings (SSSR count). The molecule has 2 N–H and O–H groups in total. The summed E-state index contributed by atoms with van der Waals surface area (Å²) in [5.41, 5.74) is -3.91. The maximum atomic E-state index is 13.3. The van der Waals surface area contributed by atoms with Gasteiger partial charge in [-0.3, -0.25) is 14.4 Å². The Morgan fingerprint density at radius 3 is 2.25 bits per heavy atom. The molecule has 1 unspecified atom stereocenters. The first-order chi connectivity index (χ1) is 16.9. The maximum absolute atomic E-state index is 13.3. The smallest absolute Gasteiger partial charge is 0.417 e. The normalized spacial score (nSPS) is 12.4. The topological polar surface area (TPSA) is 150 Å². The van der Waals surface area contributed by atoms with Gasteiger partial charge >= 0.3 is 18.1 Å². The van der Waals surface area contributed by atoms with Gasteiger partial charge in [0.1, 0.15) is 12.4 Å². The van der Waals surface area contributed by atoms with Gasteiger partial charge < -0.3 is 19.9 Å². The van der Waals surface area contributed by atoms with E-state index in [9.17, 15) is 27.6 Å². The lowest BCUT2D eigenvalue weighted by atomic mass is 10.0. The number of anilines is 1. The second-order valence-corrected chi connectivity index (χ2v) is 7.70. The lowest BCUT2D eigenvalue weighted by Gasteiger charge is -2.28. The standard InChI is InChI=1S/C24H20F3N3O6/c1-23(36-21(33)4-2-3-20(31)32,14-35-18-9-5-15(12-28)6-10-18)22(34)30-17-8-7-16(13-29)19(11-17)24(25,26)27/h5-11H,2-4,14H2,1H3,(H,30,34)(H,31,32). The van der Waals surface area contributed by atoms with Gasteiger partial charge in [0.2, 0.25) is 5.60 Å². The molecule has 188 valence electrons. The van der Waals surface area contributed by atoms with E-state index in [-0.39, 0.29) is 30.7 Å². The number of hydrogen-bond donors (Lipinski definition) is 2. The van der Waals surface area contributed by atoms with Crippen LogP contribution in [0.3, 0.4) is 0 Å². The van der Waals surface area contributed by atoms with Gasteiger partial charge in [-0.15, -0.1) is 0 Å². The van der Waals surface area contributed by atoms with Gasteiger partial charge in [-0.2, -0.15) is 23.7 Å². The fraction of sp³-hybridized carbons (Fsp3) is 0.292. The number of ether oxygens (including phenoxy) is 2. The van der Waals surface area contributed by atoms with Crippen molar-refractivity contribution in [2.45, 2.75) is 38.0 Å². The molecular formula is C24H20F3N3O6. The van der Waals surface area contributed by atoms with Crippen LogP contribution in [0.5, 0.6) is 5.75 Å². The average Bonchev–Trinajstić information content (AvgIpc) is 2.82. The molecule has 36 heavy (non-hydrogen) atoms. The third-order valence-corrected chi connectivity index (χ3v) is 4.79. The van der Waals surface area contributed by atoms with Gasteiger partial charge in [-0.1, -0.05) is 0 Å². The molecule has 2 aromatic carbocycles. The second kappa shape index (κ2) is 11.7. The molecule has 0 aromatic heterocycles. The molecule has 0 saturated carbocycles. The minimum atomic E-state index is -4.86. The zero-order valence-corrected chi connectivity index (χ0v) is 18.9. The highest BCUT2D eigenvalue weighted by molar-refractivity contribution is 5.98. The monoisotopic (exact) mass is 503 g/mol. The summed E-state index contributed by atoms with van der Waals surface area (Å²) in [5, 5.41) is 28.8. The van der Waals surface area contributed by atoms with Crippen molar-refractivity contribution in [1.29, 1.82) is 10.5 Å². The number of alkyl halides is 3. The highest BCUT2D eigenvalue weighted by atomic mass is 19.4. The Hall–Kier alpha value is -4.58. The van der Waals surface area contributed by atoms with E-state index < -0.39 is 47.4 Å². The van der Waals surface area contributed by atoms with E-state index >= 15 is 0 Å². The maximum Gasteiger partial charge on any atom is 0.417 e. The number of nitrogens with one attached hydrogen (secondary N) is 1. The van der Waals surface area contributed by atoms with Crippen LogP contribution in [0.25, 0.3) is 0 Å². The number of hydrogen-bond acceptors (Lipinski definition) is 7. The quantitative estimate of drug-likeness (QED) is 0.462. The molecule has 0 aliphatic heterocycles.